The molecule has 0 bridgehead atoms. The van der Waals surface area contributed by atoms with E-state index in [-0.39, 0.29) is 16.7 Å². The average Bonchev–Trinajstić information content (AvgIpc) is 3.03. The van der Waals surface area contributed by atoms with Crippen LogP contribution in [0.3, 0.4) is 0 Å². The quantitative estimate of drug-likeness (QED) is 0.603. The number of hydrogen-bond acceptors (Lipinski definition) is 3. The molecule has 0 saturated carbocycles. The van der Waals surface area contributed by atoms with Crippen molar-refractivity contribution in [3.8, 4) is 0 Å². The molecule has 2 N–H and O–H groups in total. The topological polar surface area (TPSA) is 54.8 Å². The molecule has 3 aromatic rings. The molecule has 10 heteroatoms. The minimum absolute atomic E-state index is 0.0820. The highest BCUT2D eigenvalue weighted by Gasteiger charge is 2.30. The fourth-order valence-electron chi connectivity index (χ4n) is 2.24. The summed E-state index contributed by atoms with van der Waals surface area (Å²) in [4.78, 5) is 4.08. The van der Waals surface area contributed by atoms with E-state index in [1.165, 1.54) is 18.5 Å². The van der Waals surface area contributed by atoms with E-state index in [2.05, 4.69) is 20.7 Å². The van der Waals surface area contributed by atoms with Crippen molar-refractivity contribution in [2.24, 2.45) is 0 Å². The van der Waals surface area contributed by atoms with Gasteiger partial charge in [-0.3, -0.25) is 5.32 Å². The molecule has 0 aliphatic heterocycles. The fourth-order valence-corrected chi connectivity index (χ4v) is 2.58. The Hall–Kier alpha value is -2.65. The highest BCUT2D eigenvalue weighted by atomic mass is 35.5. The molecule has 0 saturated heterocycles. The van der Waals surface area contributed by atoms with Gasteiger partial charge in [0, 0.05) is 10.7 Å². The summed E-state index contributed by atoms with van der Waals surface area (Å²) in [6, 6.07) is 12.0. The van der Waals surface area contributed by atoms with Crippen LogP contribution >= 0.6 is 23.8 Å². The summed E-state index contributed by atoms with van der Waals surface area (Å²) in [6.07, 6.45) is -2.90. The number of rotatable bonds is 4. The van der Waals surface area contributed by atoms with E-state index in [1.54, 1.807) is 16.8 Å². The van der Waals surface area contributed by atoms with E-state index in [0.29, 0.717) is 11.6 Å². The third-order valence-corrected chi connectivity index (χ3v) is 3.92. The van der Waals surface area contributed by atoms with Gasteiger partial charge in [0.05, 0.1) is 12.1 Å². The molecule has 0 spiro atoms. The van der Waals surface area contributed by atoms with E-state index in [0.717, 1.165) is 17.7 Å². The Labute approximate surface area is 163 Å². The second kappa shape index (κ2) is 7.93. The van der Waals surface area contributed by atoms with Crippen molar-refractivity contribution in [2.75, 3.05) is 10.6 Å². The zero-order valence-corrected chi connectivity index (χ0v) is 15.2. The molecule has 0 amide bonds. The van der Waals surface area contributed by atoms with E-state index in [9.17, 15) is 13.2 Å². The SMILES string of the molecule is FC(F)(F)c1cccc(NC(=S)Nc2ncn(Cc3ccc(Cl)cc3)n2)c1. The van der Waals surface area contributed by atoms with Crippen LogP contribution in [0.4, 0.5) is 24.8 Å². The second-order valence-electron chi connectivity index (χ2n) is 5.55. The minimum Gasteiger partial charge on any atom is -0.332 e. The van der Waals surface area contributed by atoms with Crippen molar-refractivity contribution in [3.63, 3.8) is 0 Å². The van der Waals surface area contributed by atoms with Gasteiger partial charge < -0.3 is 5.32 Å². The third kappa shape index (κ3) is 5.41. The van der Waals surface area contributed by atoms with Gasteiger partial charge in [0.1, 0.15) is 6.33 Å². The zero-order chi connectivity index (χ0) is 19.4. The number of benzene rings is 2. The zero-order valence-electron chi connectivity index (χ0n) is 13.7. The second-order valence-corrected chi connectivity index (χ2v) is 6.39. The summed E-state index contributed by atoms with van der Waals surface area (Å²) in [5.74, 6) is 0.230. The van der Waals surface area contributed by atoms with Crippen LogP contribution in [0.25, 0.3) is 0 Å². The van der Waals surface area contributed by atoms with Crippen LogP contribution in [0.2, 0.25) is 5.02 Å². The smallest absolute Gasteiger partial charge is 0.332 e. The average molecular weight is 412 g/mol. The lowest BCUT2D eigenvalue weighted by Crippen LogP contribution is -2.20. The van der Waals surface area contributed by atoms with Gasteiger partial charge in [-0.2, -0.15) is 13.2 Å². The molecule has 0 radical (unpaired) electrons. The van der Waals surface area contributed by atoms with Gasteiger partial charge >= 0.3 is 6.18 Å². The van der Waals surface area contributed by atoms with Crippen LogP contribution in [-0.2, 0) is 12.7 Å². The molecule has 1 heterocycles. The molecule has 27 heavy (non-hydrogen) atoms. The number of thiocarbonyl (C=S) groups is 1. The summed E-state index contributed by atoms with van der Waals surface area (Å²) >= 11 is 10.9. The van der Waals surface area contributed by atoms with Gasteiger partial charge in [0.15, 0.2) is 5.11 Å². The van der Waals surface area contributed by atoms with Crippen LogP contribution in [0.15, 0.2) is 54.9 Å². The van der Waals surface area contributed by atoms with Gasteiger partial charge in [-0.25, -0.2) is 9.67 Å². The first kappa shape index (κ1) is 19.1. The van der Waals surface area contributed by atoms with Gasteiger partial charge in [-0.15, -0.1) is 5.10 Å². The standard InChI is InChI=1S/C17H13ClF3N5S/c18-13-6-4-11(5-7-13)9-26-10-22-15(25-26)24-16(27)23-14-3-1-2-12(8-14)17(19,20)21/h1-8,10H,9H2,(H2,23,24,25,27). The number of halogens is 4. The van der Waals surface area contributed by atoms with E-state index >= 15 is 0 Å². The van der Waals surface area contributed by atoms with Crippen LogP contribution < -0.4 is 10.6 Å². The molecular formula is C17H13ClF3N5S. The number of aromatic nitrogens is 3. The number of nitrogens with zero attached hydrogens (tertiary/aromatic N) is 3. The predicted octanol–water partition coefficient (Wildman–Crippen LogP) is 4.81. The van der Waals surface area contributed by atoms with Crippen molar-refractivity contribution in [2.45, 2.75) is 12.7 Å². The van der Waals surface area contributed by atoms with Crippen molar-refractivity contribution in [1.82, 2.24) is 14.8 Å². The molecule has 2 aromatic carbocycles. The first-order valence-corrected chi connectivity index (χ1v) is 8.47. The van der Waals surface area contributed by atoms with Gasteiger partial charge in [-0.1, -0.05) is 29.8 Å². The highest BCUT2D eigenvalue weighted by Crippen LogP contribution is 2.30. The van der Waals surface area contributed by atoms with E-state index in [1.807, 2.05) is 12.1 Å². The summed E-state index contributed by atoms with van der Waals surface area (Å²) in [5.41, 5.74) is 0.434. The molecule has 5 nitrogen and oxygen atoms in total. The minimum atomic E-state index is -4.42. The molecule has 3 rings (SSSR count). The number of alkyl halides is 3. The van der Waals surface area contributed by atoms with Crippen LogP contribution in [0, 0.1) is 0 Å². The van der Waals surface area contributed by atoms with Crippen molar-refractivity contribution in [1.29, 1.82) is 0 Å². The van der Waals surface area contributed by atoms with Gasteiger partial charge in [0.25, 0.3) is 0 Å². The highest BCUT2D eigenvalue weighted by molar-refractivity contribution is 7.80. The molecule has 0 unspecified atom stereocenters. The van der Waals surface area contributed by atoms with E-state index in [4.69, 9.17) is 23.8 Å². The molecule has 1 aromatic heterocycles. The maximum absolute atomic E-state index is 12.7. The molecule has 0 atom stereocenters. The number of anilines is 2. The van der Waals surface area contributed by atoms with E-state index < -0.39 is 11.7 Å². The lowest BCUT2D eigenvalue weighted by molar-refractivity contribution is -0.137. The molecule has 0 aliphatic rings. The summed E-state index contributed by atoms with van der Waals surface area (Å²) < 4.78 is 39.8. The first-order chi connectivity index (χ1) is 12.8. The lowest BCUT2D eigenvalue weighted by atomic mass is 10.2. The Morgan fingerprint density at radius 3 is 2.56 bits per heavy atom. The Bertz CT molecular complexity index is 940. The van der Waals surface area contributed by atoms with Crippen molar-refractivity contribution in [3.05, 3.63) is 71.0 Å². The molecule has 0 fully saturated rings. The summed E-state index contributed by atoms with van der Waals surface area (Å²) in [5, 5.41) is 10.4. The van der Waals surface area contributed by atoms with Crippen molar-refractivity contribution < 1.29 is 13.2 Å². The first-order valence-electron chi connectivity index (χ1n) is 7.69. The largest absolute Gasteiger partial charge is 0.416 e. The number of hydrogen-bond donors (Lipinski definition) is 2. The maximum Gasteiger partial charge on any atom is 0.416 e. The Kier molecular flexibility index (Phi) is 5.62. The monoisotopic (exact) mass is 411 g/mol. The van der Waals surface area contributed by atoms with Gasteiger partial charge in [-0.05, 0) is 48.1 Å². The molecular weight excluding hydrogens is 399 g/mol. The molecule has 140 valence electrons. The van der Waals surface area contributed by atoms with Gasteiger partial charge in [0.2, 0.25) is 5.95 Å². The maximum atomic E-state index is 12.7. The fraction of sp³-hybridized carbons (Fsp3) is 0.118. The van der Waals surface area contributed by atoms with Crippen LogP contribution in [-0.4, -0.2) is 19.9 Å². The normalized spacial score (nSPS) is 11.3. The predicted molar refractivity (Wildman–Crippen MR) is 102 cm³/mol. The summed E-state index contributed by atoms with van der Waals surface area (Å²) in [7, 11) is 0. The Morgan fingerprint density at radius 2 is 1.85 bits per heavy atom. The Morgan fingerprint density at radius 1 is 1.11 bits per heavy atom. The lowest BCUT2D eigenvalue weighted by Gasteiger charge is -2.11. The van der Waals surface area contributed by atoms with Crippen molar-refractivity contribution >= 4 is 40.6 Å². The third-order valence-electron chi connectivity index (χ3n) is 3.47. The summed E-state index contributed by atoms with van der Waals surface area (Å²) in [6.45, 7) is 0.486. The van der Waals surface area contributed by atoms with Crippen LogP contribution in [0.1, 0.15) is 11.1 Å². The Balaban J connectivity index is 1.60. The number of nitrogens with one attached hydrogen (secondary N) is 2. The molecule has 0 aliphatic carbocycles. The van der Waals surface area contributed by atoms with Crippen LogP contribution in [0.5, 0.6) is 0 Å².